The van der Waals surface area contributed by atoms with Gasteiger partial charge in [0.2, 0.25) is 5.91 Å². The van der Waals surface area contributed by atoms with Crippen LogP contribution in [0, 0.1) is 6.92 Å². The Morgan fingerprint density at radius 1 is 1.30 bits per heavy atom. The zero-order valence-corrected chi connectivity index (χ0v) is 14.2. The molecule has 0 saturated carbocycles. The van der Waals surface area contributed by atoms with Gasteiger partial charge >= 0.3 is 0 Å². The molecule has 0 atom stereocenters. The van der Waals surface area contributed by atoms with E-state index in [-0.39, 0.29) is 5.91 Å². The summed E-state index contributed by atoms with van der Waals surface area (Å²) >= 11 is 0. The molecule has 122 valence electrons. The van der Waals surface area contributed by atoms with Crippen LogP contribution in [0.2, 0.25) is 0 Å². The lowest BCUT2D eigenvalue weighted by Crippen LogP contribution is -2.31. The summed E-state index contributed by atoms with van der Waals surface area (Å²) < 4.78 is 2.21. The highest BCUT2D eigenvalue weighted by atomic mass is 16.2. The van der Waals surface area contributed by atoms with Crippen molar-refractivity contribution in [2.45, 2.75) is 39.8 Å². The van der Waals surface area contributed by atoms with Gasteiger partial charge in [-0.2, -0.15) is 0 Å². The smallest absolute Gasteiger partial charge is 0.223 e. The standard InChI is InChI=1S/C20H26N2O/c1-4-8-20(23)22(12-5-2)16-19-11-7-13-21(19)15-18-10-6-9-17(3)14-18/h5-7,9-11,13-14H,2,4,8,12,15-16H2,1,3H3. The highest BCUT2D eigenvalue weighted by molar-refractivity contribution is 5.76. The summed E-state index contributed by atoms with van der Waals surface area (Å²) in [5.74, 6) is 0.190. The minimum atomic E-state index is 0.190. The summed E-state index contributed by atoms with van der Waals surface area (Å²) in [6.07, 6.45) is 5.33. The number of hydrogen-bond acceptors (Lipinski definition) is 1. The molecule has 3 nitrogen and oxygen atoms in total. The van der Waals surface area contributed by atoms with Crippen LogP contribution in [0.5, 0.6) is 0 Å². The van der Waals surface area contributed by atoms with Gasteiger partial charge in [-0.15, -0.1) is 6.58 Å². The Hall–Kier alpha value is -2.29. The van der Waals surface area contributed by atoms with Crippen molar-refractivity contribution in [3.63, 3.8) is 0 Å². The molecular formula is C20H26N2O. The van der Waals surface area contributed by atoms with E-state index in [1.165, 1.54) is 11.1 Å². The van der Waals surface area contributed by atoms with Gasteiger partial charge in [-0.1, -0.05) is 42.8 Å². The fourth-order valence-corrected chi connectivity index (χ4v) is 2.73. The lowest BCUT2D eigenvalue weighted by Gasteiger charge is -2.22. The maximum Gasteiger partial charge on any atom is 0.223 e. The molecule has 0 bridgehead atoms. The second-order valence-corrected chi connectivity index (χ2v) is 5.93. The zero-order valence-electron chi connectivity index (χ0n) is 14.2. The maximum atomic E-state index is 12.2. The summed E-state index contributed by atoms with van der Waals surface area (Å²) in [7, 11) is 0. The van der Waals surface area contributed by atoms with Gasteiger partial charge in [0.15, 0.2) is 0 Å². The quantitative estimate of drug-likeness (QED) is 0.672. The van der Waals surface area contributed by atoms with Crippen LogP contribution in [-0.4, -0.2) is 21.9 Å². The van der Waals surface area contributed by atoms with Gasteiger partial charge in [-0.05, 0) is 31.0 Å². The third kappa shape index (κ3) is 4.85. The number of hydrogen-bond donors (Lipinski definition) is 0. The highest BCUT2D eigenvalue weighted by Crippen LogP contribution is 2.13. The van der Waals surface area contributed by atoms with Crippen molar-refractivity contribution >= 4 is 5.91 Å². The van der Waals surface area contributed by atoms with Crippen LogP contribution in [0.4, 0.5) is 0 Å². The van der Waals surface area contributed by atoms with Gasteiger partial charge in [0, 0.05) is 31.4 Å². The van der Waals surface area contributed by atoms with Crippen LogP contribution in [-0.2, 0) is 17.9 Å². The molecular weight excluding hydrogens is 284 g/mol. The zero-order chi connectivity index (χ0) is 16.7. The lowest BCUT2D eigenvalue weighted by atomic mass is 10.1. The number of carbonyl (C=O) groups excluding carboxylic acids is 1. The maximum absolute atomic E-state index is 12.2. The lowest BCUT2D eigenvalue weighted by molar-refractivity contribution is -0.131. The van der Waals surface area contributed by atoms with E-state index in [9.17, 15) is 4.79 Å². The molecule has 0 radical (unpaired) electrons. The second kappa shape index (κ2) is 8.37. The molecule has 2 aromatic rings. The number of aromatic nitrogens is 1. The van der Waals surface area contributed by atoms with Crippen LogP contribution >= 0.6 is 0 Å². The van der Waals surface area contributed by atoms with Crippen LogP contribution in [0.25, 0.3) is 0 Å². The van der Waals surface area contributed by atoms with Crippen molar-refractivity contribution in [1.29, 1.82) is 0 Å². The number of aryl methyl sites for hydroxylation is 1. The van der Waals surface area contributed by atoms with Gasteiger partial charge in [-0.3, -0.25) is 4.79 Å². The number of benzene rings is 1. The van der Waals surface area contributed by atoms with E-state index in [1.54, 1.807) is 6.08 Å². The molecule has 23 heavy (non-hydrogen) atoms. The van der Waals surface area contributed by atoms with Gasteiger partial charge in [0.1, 0.15) is 0 Å². The number of amides is 1. The molecule has 0 aliphatic rings. The molecule has 0 N–H and O–H groups in total. The summed E-state index contributed by atoms with van der Waals surface area (Å²) in [5.41, 5.74) is 3.69. The first kappa shape index (κ1) is 17.1. The van der Waals surface area contributed by atoms with Crippen molar-refractivity contribution in [1.82, 2.24) is 9.47 Å². The summed E-state index contributed by atoms with van der Waals surface area (Å²) in [4.78, 5) is 14.1. The summed E-state index contributed by atoms with van der Waals surface area (Å²) in [5, 5.41) is 0. The van der Waals surface area contributed by atoms with Gasteiger partial charge in [-0.25, -0.2) is 0 Å². The Balaban J connectivity index is 2.12. The van der Waals surface area contributed by atoms with E-state index in [0.29, 0.717) is 19.5 Å². The first-order valence-corrected chi connectivity index (χ1v) is 8.22. The Labute approximate surface area is 139 Å². The van der Waals surface area contributed by atoms with Crippen molar-refractivity contribution in [2.75, 3.05) is 6.54 Å². The molecule has 1 heterocycles. The molecule has 0 saturated heterocycles. The van der Waals surface area contributed by atoms with Gasteiger partial charge in [0.25, 0.3) is 0 Å². The van der Waals surface area contributed by atoms with Crippen LogP contribution in [0.3, 0.4) is 0 Å². The molecule has 0 spiro atoms. The number of nitrogens with zero attached hydrogens (tertiary/aromatic N) is 2. The van der Waals surface area contributed by atoms with Crippen LogP contribution in [0.1, 0.15) is 36.6 Å². The van der Waals surface area contributed by atoms with E-state index in [0.717, 1.165) is 18.7 Å². The third-order valence-corrected chi connectivity index (χ3v) is 3.88. The first-order chi connectivity index (χ1) is 11.1. The molecule has 0 unspecified atom stereocenters. The molecule has 2 rings (SSSR count). The van der Waals surface area contributed by atoms with E-state index >= 15 is 0 Å². The second-order valence-electron chi connectivity index (χ2n) is 5.93. The van der Waals surface area contributed by atoms with Crippen molar-refractivity contribution in [3.05, 3.63) is 72.1 Å². The normalized spacial score (nSPS) is 10.5. The van der Waals surface area contributed by atoms with E-state index < -0.39 is 0 Å². The fourth-order valence-electron chi connectivity index (χ4n) is 2.73. The summed E-state index contributed by atoms with van der Waals surface area (Å²) in [6, 6.07) is 12.7. The molecule has 1 aromatic heterocycles. The Morgan fingerprint density at radius 2 is 2.13 bits per heavy atom. The van der Waals surface area contributed by atoms with E-state index in [4.69, 9.17) is 0 Å². The third-order valence-electron chi connectivity index (χ3n) is 3.88. The minimum absolute atomic E-state index is 0.190. The molecule has 1 amide bonds. The molecule has 1 aromatic carbocycles. The average Bonchev–Trinajstić information content (AvgIpc) is 2.94. The largest absolute Gasteiger partial charge is 0.345 e. The predicted octanol–water partition coefficient (Wildman–Crippen LogP) is 4.16. The van der Waals surface area contributed by atoms with E-state index in [1.807, 2.05) is 17.9 Å². The minimum Gasteiger partial charge on any atom is -0.345 e. The van der Waals surface area contributed by atoms with Gasteiger partial charge < -0.3 is 9.47 Å². The Morgan fingerprint density at radius 3 is 2.83 bits per heavy atom. The Bertz CT molecular complexity index is 657. The molecule has 0 fully saturated rings. The van der Waals surface area contributed by atoms with Gasteiger partial charge in [0.05, 0.1) is 6.54 Å². The predicted molar refractivity (Wildman–Crippen MR) is 95.2 cm³/mol. The first-order valence-electron chi connectivity index (χ1n) is 8.22. The number of rotatable bonds is 8. The van der Waals surface area contributed by atoms with Crippen LogP contribution in [0.15, 0.2) is 55.3 Å². The SMILES string of the molecule is C=CCN(Cc1cccn1Cc1cccc(C)c1)C(=O)CCC. The number of carbonyl (C=O) groups is 1. The molecule has 3 heteroatoms. The molecule has 0 aliphatic carbocycles. The highest BCUT2D eigenvalue weighted by Gasteiger charge is 2.13. The van der Waals surface area contributed by atoms with Crippen LogP contribution < -0.4 is 0 Å². The molecule has 0 aliphatic heterocycles. The van der Waals surface area contributed by atoms with Crippen molar-refractivity contribution in [3.8, 4) is 0 Å². The average molecular weight is 310 g/mol. The topological polar surface area (TPSA) is 25.2 Å². The monoisotopic (exact) mass is 310 g/mol. The Kier molecular flexibility index (Phi) is 6.21. The fraction of sp³-hybridized carbons (Fsp3) is 0.350. The van der Waals surface area contributed by atoms with E-state index in [2.05, 4.69) is 54.6 Å². The van der Waals surface area contributed by atoms with Crippen molar-refractivity contribution < 1.29 is 4.79 Å². The summed E-state index contributed by atoms with van der Waals surface area (Å²) in [6.45, 7) is 9.96. The van der Waals surface area contributed by atoms with Crippen molar-refractivity contribution in [2.24, 2.45) is 0 Å².